The van der Waals surface area contributed by atoms with Crippen LogP contribution < -0.4 is 5.73 Å². The van der Waals surface area contributed by atoms with Crippen LogP contribution in [0.3, 0.4) is 0 Å². The summed E-state index contributed by atoms with van der Waals surface area (Å²) in [7, 11) is 0. The van der Waals surface area contributed by atoms with E-state index in [1.807, 2.05) is 6.20 Å². The van der Waals surface area contributed by atoms with Gasteiger partial charge < -0.3 is 10.6 Å². The fourth-order valence-electron chi connectivity index (χ4n) is 3.00. The molecule has 0 bridgehead atoms. The predicted molar refractivity (Wildman–Crippen MR) is 69.5 cm³/mol. The summed E-state index contributed by atoms with van der Waals surface area (Å²) in [6.07, 6.45) is 11.4. The Morgan fingerprint density at radius 3 is 2.71 bits per heavy atom. The molecule has 2 heterocycles. The third-order valence-electron chi connectivity index (χ3n) is 4.10. The lowest BCUT2D eigenvalue weighted by Crippen LogP contribution is -2.46. The maximum atomic E-state index is 5.96. The van der Waals surface area contributed by atoms with Crippen molar-refractivity contribution >= 4 is 5.69 Å². The summed E-state index contributed by atoms with van der Waals surface area (Å²) in [6.45, 7) is 2.55. The summed E-state index contributed by atoms with van der Waals surface area (Å²) in [4.78, 5) is 6.67. The largest absolute Gasteiger partial charge is 0.397 e. The summed E-state index contributed by atoms with van der Waals surface area (Å²) < 4.78 is 0. The molecule has 1 aliphatic carbocycles. The van der Waals surface area contributed by atoms with Gasteiger partial charge in [-0.15, -0.1) is 0 Å². The molecule has 2 N–H and O–H groups in total. The molecule has 17 heavy (non-hydrogen) atoms. The van der Waals surface area contributed by atoms with E-state index in [0.717, 1.165) is 5.69 Å². The molecular weight excluding hydrogens is 210 g/mol. The number of nitrogens with two attached hydrogens (primary N) is 1. The molecule has 2 atom stereocenters. The Kier molecular flexibility index (Phi) is 3.02. The minimum absolute atomic E-state index is 0.546. The lowest BCUT2D eigenvalue weighted by molar-refractivity contribution is 0.134. The van der Waals surface area contributed by atoms with Crippen molar-refractivity contribution in [3.05, 3.63) is 30.4 Å². The molecule has 1 aliphatic heterocycles. The number of likely N-dealkylation sites (tertiary alicyclic amines) is 1. The maximum Gasteiger partial charge on any atom is 0.0536 e. The van der Waals surface area contributed by atoms with Gasteiger partial charge in [0.25, 0.3) is 0 Å². The van der Waals surface area contributed by atoms with E-state index in [-0.39, 0.29) is 0 Å². The summed E-state index contributed by atoms with van der Waals surface area (Å²) in [6, 6.07) is 2.75. The lowest BCUT2D eigenvalue weighted by Gasteiger charge is -2.44. The van der Waals surface area contributed by atoms with Crippen LogP contribution in [-0.2, 0) is 0 Å². The molecular formula is C14H20N3. The zero-order valence-corrected chi connectivity index (χ0v) is 10.2. The normalized spacial score (nSPS) is 29.9. The number of aromatic nitrogens is 1. The van der Waals surface area contributed by atoms with Gasteiger partial charge >= 0.3 is 0 Å². The monoisotopic (exact) mass is 230 g/mol. The molecule has 1 aromatic heterocycles. The molecule has 91 valence electrons. The van der Waals surface area contributed by atoms with Gasteiger partial charge in [0.1, 0.15) is 0 Å². The molecule has 1 saturated carbocycles. The van der Waals surface area contributed by atoms with Crippen molar-refractivity contribution in [3.8, 4) is 0 Å². The van der Waals surface area contributed by atoms with E-state index >= 15 is 0 Å². The van der Waals surface area contributed by atoms with Crippen molar-refractivity contribution in [1.82, 2.24) is 9.88 Å². The second kappa shape index (κ2) is 4.65. The van der Waals surface area contributed by atoms with Crippen molar-refractivity contribution in [1.29, 1.82) is 0 Å². The Hall–Kier alpha value is -1.09. The van der Waals surface area contributed by atoms with Crippen molar-refractivity contribution in [2.45, 2.75) is 37.6 Å². The van der Waals surface area contributed by atoms with Crippen LogP contribution in [0.15, 0.2) is 18.5 Å². The SMILES string of the molecule is Nc1cnccc1C1[CH]C(N2CCCCC2)C1. The summed E-state index contributed by atoms with van der Waals surface area (Å²) in [5.74, 6) is 0.546. The highest BCUT2D eigenvalue weighted by Crippen LogP contribution is 2.41. The van der Waals surface area contributed by atoms with E-state index in [2.05, 4.69) is 22.4 Å². The van der Waals surface area contributed by atoms with Crippen LogP contribution >= 0.6 is 0 Å². The fourth-order valence-corrected chi connectivity index (χ4v) is 3.00. The van der Waals surface area contributed by atoms with Gasteiger partial charge in [0.05, 0.1) is 11.9 Å². The van der Waals surface area contributed by atoms with E-state index in [0.29, 0.717) is 12.0 Å². The number of nitrogens with zero attached hydrogens (tertiary/aromatic N) is 2. The smallest absolute Gasteiger partial charge is 0.0536 e. The molecule has 0 spiro atoms. The average molecular weight is 230 g/mol. The van der Waals surface area contributed by atoms with Crippen LogP contribution in [0.25, 0.3) is 0 Å². The highest BCUT2D eigenvalue weighted by Gasteiger charge is 2.35. The highest BCUT2D eigenvalue weighted by molar-refractivity contribution is 5.48. The van der Waals surface area contributed by atoms with Crippen LogP contribution in [0.4, 0.5) is 5.69 Å². The van der Waals surface area contributed by atoms with E-state index < -0.39 is 0 Å². The standard InChI is InChI=1S/C14H20N3/c15-14-10-16-5-4-13(14)11-8-12(9-11)17-6-2-1-3-7-17/h4-5,8,10-12H,1-3,6-7,9,15H2. The molecule has 2 aliphatic rings. The Balaban J connectivity index is 1.59. The Labute approximate surface area is 103 Å². The van der Waals surface area contributed by atoms with Gasteiger partial charge in [-0.2, -0.15) is 0 Å². The Morgan fingerprint density at radius 1 is 1.24 bits per heavy atom. The Morgan fingerprint density at radius 2 is 2.00 bits per heavy atom. The first-order valence-electron chi connectivity index (χ1n) is 6.63. The Bertz CT molecular complexity index is 379. The molecule has 0 amide bonds. The van der Waals surface area contributed by atoms with Crippen molar-refractivity contribution < 1.29 is 0 Å². The molecule has 3 rings (SSSR count). The molecule has 2 fully saturated rings. The minimum atomic E-state index is 0.546. The van der Waals surface area contributed by atoms with E-state index in [1.165, 1.54) is 44.3 Å². The second-order valence-electron chi connectivity index (χ2n) is 5.20. The highest BCUT2D eigenvalue weighted by atomic mass is 15.2. The van der Waals surface area contributed by atoms with E-state index in [9.17, 15) is 0 Å². The van der Waals surface area contributed by atoms with Crippen LogP contribution in [0.5, 0.6) is 0 Å². The fraction of sp³-hybridized carbons (Fsp3) is 0.571. The minimum Gasteiger partial charge on any atom is -0.397 e. The van der Waals surface area contributed by atoms with Crippen molar-refractivity contribution in [3.63, 3.8) is 0 Å². The maximum absolute atomic E-state index is 5.96. The molecule has 1 saturated heterocycles. The van der Waals surface area contributed by atoms with Gasteiger partial charge in [-0.3, -0.25) is 4.98 Å². The predicted octanol–water partition coefficient (Wildman–Crippen LogP) is 2.21. The topological polar surface area (TPSA) is 42.1 Å². The van der Waals surface area contributed by atoms with Crippen molar-refractivity contribution in [2.24, 2.45) is 0 Å². The van der Waals surface area contributed by atoms with Gasteiger partial charge in [-0.1, -0.05) is 6.42 Å². The number of rotatable bonds is 2. The zero-order chi connectivity index (χ0) is 11.7. The zero-order valence-electron chi connectivity index (χ0n) is 10.2. The number of nitrogen functional groups attached to an aromatic ring is 1. The third kappa shape index (κ3) is 2.16. The average Bonchev–Trinajstić information content (AvgIpc) is 2.31. The van der Waals surface area contributed by atoms with E-state index in [1.54, 1.807) is 6.20 Å². The van der Waals surface area contributed by atoms with E-state index in [4.69, 9.17) is 5.73 Å². The van der Waals surface area contributed by atoms with Gasteiger partial charge in [-0.25, -0.2) is 0 Å². The van der Waals surface area contributed by atoms with Crippen LogP contribution in [-0.4, -0.2) is 29.0 Å². The first-order chi connectivity index (χ1) is 8.34. The number of hydrogen-bond acceptors (Lipinski definition) is 3. The van der Waals surface area contributed by atoms with Crippen molar-refractivity contribution in [2.75, 3.05) is 18.8 Å². The van der Waals surface area contributed by atoms with Crippen LogP contribution in [0.2, 0.25) is 0 Å². The molecule has 3 heteroatoms. The van der Waals surface area contributed by atoms with Gasteiger partial charge in [-0.05, 0) is 56.3 Å². The summed E-state index contributed by atoms with van der Waals surface area (Å²) >= 11 is 0. The molecule has 2 unspecified atom stereocenters. The first kappa shape index (κ1) is 11.0. The van der Waals surface area contributed by atoms with Crippen LogP contribution in [0, 0.1) is 6.42 Å². The number of pyridine rings is 1. The number of hydrogen-bond donors (Lipinski definition) is 1. The number of piperidine rings is 1. The second-order valence-corrected chi connectivity index (χ2v) is 5.20. The summed E-state index contributed by atoms with van der Waals surface area (Å²) in [5, 5.41) is 0. The third-order valence-corrected chi connectivity index (χ3v) is 4.10. The first-order valence-corrected chi connectivity index (χ1v) is 6.63. The quantitative estimate of drug-likeness (QED) is 0.847. The molecule has 1 radical (unpaired) electrons. The molecule has 1 aromatic rings. The van der Waals surface area contributed by atoms with Gasteiger partial charge in [0, 0.05) is 12.2 Å². The lowest BCUT2D eigenvalue weighted by atomic mass is 9.74. The van der Waals surface area contributed by atoms with Gasteiger partial charge in [0.2, 0.25) is 0 Å². The molecule has 0 aromatic carbocycles. The molecule has 3 nitrogen and oxygen atoms in total. The summed E-state index contributed by atoms with van der Waals surface area (Å²) in [5.41, 5.74) is 8.06. The number of anilines is 1. The van der Waals surface area contributed by atoms with Gasteiger partial charge in [0.15, 0.2) is 0 Å². The van der Waals surface area contributed by atoms with Crippen LogP contribution in [0.1, 0.15) is 37.2 Å².